The quantitative estimate of drug-likeness (QED) is 0.773. The number of hydrogen-bond donors (Lipinski definition) is 1. The summed E-state index contributed by atoms with van der Waals surface area (Å²) in [6, 6.07) is 5.46. The molecule has 0 saturated heterocycles. The molecule has 0 unspecified atom stereocenters. The molecule has 0 fully saturated rings. The predicted molar refractivity (Wildman–Crippen MR) is 88.3 cm³/mol. The standard InChI is InChI=1S/C17H17N5O2/c1-11-5-12(3-4-19-11)10-24-16-8-20-15(17(18)23)6-14(16)13-7-21-22(2)9-13/h3-9H,10H2,1-2H3,(H2,18,23). The zero-order chi connectivity index (χ0) is 17.1. The molecular weight excluding hydrogens is 306 g/mol. The Kier molecular flexibility index (Phi) is 4.24. The molecular formula is C17H17N5O2. The second-order valence-corrected chi connectivity index (χ2v) is 5.43. The van der Waals surface area contributed by atoms with Gasteiger partial charge in [0.1, 0.15) is 18.1 Å². The van der Waals surface area contributed by atoms with E-state index < -0.39 is 5.91 Å². The number of carbonyl (C=O) groups excluding carboxylic acids is 1. The molecule has 122 valence electrons. The van der Waals surface area contributed by atoms with Crippen molar-refractivity contribution >= 4 is 5.91 Å². The summed E-state index contributed by atoms with van der Waals surface area (Å²) in [5.74, 6) is -0.0288. The summed E-state index contributed by atoms with van der Waals surface area (Å²) < 4.78 is 7.57. The molecule has 0 spiro atoms. The fraction of sp³-hybridized carbons (Fsp3) is 0.176. The van der Waals surface area contributed by atoms with Crippen molar-refractivity contribution in [1.82, 2.24) is 19.7 Å². The molecule has 0 aliphatic rings. The number of hydrogen-bond acceptors (Lipinski definition) is 5. The number of amides is 1. The highest BCUT2D eigenvalue weighted by Crippen LogP contribution is 2.30. The van der Waals surface area contributed by atoms with E-state index in [1.807, 2.05) is 32.3 Å². The van der Waals surface area contributed by atoms with Gasteiger partial charge in [0.2, 0.25) is 0 Å². The third-order valence-corrected chi connectivity index (χ3v) is 3.49. The number of carbonyl (C=O) groups is 1. The van der Waals surface area contributed by atoms with E-state index in [1.54, 1.807) is 23.1 Å². The van der Waals surface area contributed by atoms with E-state index in [4.69, 9.17) is 10.5 Å². The fourth-order valence-electron chi connectivity index (χ4n) is 2.33. The number of pyridine rings is 2. The zero-order valence-corrected chi connectivity index (χ0v) is 13.4. The van der Waals surface area contributed by atoms with Crippen LogP contribution in [0.3, 0.4) is 0 Å². The fourth-order valence-corrected chi connectivity index (χ4v) is 2.33. The number of rotatable bonds is 5. The maximum atomic E-state index is 11.4. The first kappa shape index (κ1) is 15.7. The molecule has 0 radical (unpaired) electrons. The number of nitrogens with two attached hydrogens (primary N) is 1. The first-order chi connectivity index (χ1) is 11.5. The van der Waals surface area contributed by atoms with Gasteiger partial charge in [-0.05, 0) is 30.7 Å². The Balaban J connectivity index is 1.93. The van der Waals surface area contributed by atoms with Gasteiger partial charge in [-0.15, -0.1) is 0 Å². The molecule has 3 aromatic heterocycles. The molecule has 7 heteroatoms. The maximum absolute atomic E-state index is 11.4. The largest absolute Gasteiger partial charge is 0.487 e. The lowest BCUT2D eigenvalue weighted by Crippen LogP contribution is -2.13. The third kappa shape index (κ3) is 3.40. The van der Waals surface area contributed by atoms with Crippen LogP contribution >= 0.6 is 0 Å². The highest BCUT2D eigenvalue weighted by molar-refractivity contribution is 5.92. The molecule has 0 atom stereocenters. The van der Waals surface area contributed by atoms with Crippen molar-refractivity contribution in [2.24, 2.45) is 12.8 Å². The molecule has 1 amide bonds. The van der Waals surface area contributed by atoms with Crippen molar-refractivity contribution in [3.8, 4) is 16.9 Å². The van der Waals surface area contributed by atoms with Crippen LogP contribution in [0.5, 0.6) is 5.75 Å². The van der Waals surface area contributed by atoms with Crippen LogP contribution < -0.4 is 10.5 Å². The summed E-state index contributed by atoms with van der Waals surface area (Å²) in [7, 11) is 1.82. The maximum Gasteiger partial charge on any atom is 0.267 e. The van der Waals surface area contributed by atoms with Crippen LogP contribution in [0.2, 0.25) is 0 Å². The Morgan fingerprint density at radius 3 is 2.79 bits per heavy atom. The van der Waals surface area contributed by atoms with Crippen LogP contribution in [-0.2, 0) is 13.7 Å². The summed E-state index contributed by atoms with van der Waals surface area (Å²) in [5.41, 5.74) is 8.97. The van der Waals surface area contributed by atoms with Crippen molar-refractivity contribution in [3.05, 3.63) is 59.9 Å². The van der Waals surface area contributed by atoms with Crippen LogP contribution in [-0.4, -0.2) is 25.7 Å². The molecule has 0 saturated carbocycles. The molecule has 3 rings (SSSR count). The molecule has 0 aromatic carbocycles. The monoisotopic (exact) mass is 323 g/mol. The Labute approximate surface area is 139 Å². The number of aromatic nitrogens is 4. The summed E-state index contributed by atoms with van der Waals surface area (Å²) in [4.78, 5) is 19.6. The van der Waals surface area contributed by atoms with Crippen LogP contribution in [0.1, 0.15) is 21.7 Å². The average molecular weight is 323 g/mol. The van der Waals surface area contributed by atoms with E-state index in [-0.39, 0.29) is 5.69 Å². The van der Waals surface area contributed by atoms with Gasteiger partial charge in [0.05, 0.1) is 12.4 Å². The Morgan fingerprint density at radius 1 is 1.29 bits per heavy atom. The lowest BCUT2D eigenvalue weighted by molar-refractivity contribution is 0.0995. The second-order valence-electron chi connectivity index (χ2n) is 5.43. The van der Waals surface area contributed by atoms with Crippen molar-refractivity contribution in [2.75, 3.05) is 0 Å². The van der Waals surface area contributed by atoms with Gasteiger partial charge in [-0.1, -0.05) is 0 Å². The molecule has 3 heterocycles. The van der Waals surface area contributed by atoms with Crippen molar-refractivity contribution in [1.29, 1.82) is 0 Å². The first-order valence-corrected chi connectivity index (χ1v) is 7.36. The van der Waals surface area contributed by atoms with Crippen LogP contribution in [0.15, 0.2) is 43.0 Å². The lowest BCUT2D eigenvalue weighted by Gasteiger charge is -2.11. The van der Waals surface area contributed by atoms with E-state index in [0.717, 1.165) is 22.4 Å². The van der Waals surface area contributed by atoms with Crippen LogP contribution in [0.25, 0.3) is 11.1 Å². The van der Waals surface area contributed by atoms with E-state index in [1.165, 1.54) is 6.20 Å². The average Bonchev–Trinajstić information content (AvgIpc) is 2.99. The van der Waals surface area contributed by atoms with Gasteiger partial charge in [-0.25, -0.2) is 4.98 Å². The molecule has 3 aromatic rings. The minimum atomic E-state index is -0.587. The van der Waals surface area contributed by atoms with Gasteiger partial charge in [-0.2, -0.15) is 5.10 Å². The Bertz CT molecular complexity index is 888. The molecule has 0 aliphatic carbocycles. The van der Waals surface area contributed by atoms with E-state index >= 15 is 0 Å². The highest BCUT2D eigenvalue weighted by Gasteiger charge is 2.13. The first-order valence-electron chi connectivity index (χ1n) is 7.36. The van der Waals surface area contributed by atoms with Crippen LogP contribution in [0.4, 0.5) is 0 Å². The molecule has 7 nitrogen and oxygen atoms in total. The normalized spacial score (nSPS) is 10.6. The summed E-state index contributed by atoms with van der Waals surface area (Å²) in [5, 5.41) is 4.15. The molecule has 24 heavy (non-hydrogen) atoms. The predicted octanol–water partition coefficient (Wildman–Crippen LogP) is 1.86. The van der Waals surface area contributed by atoms with Gasteiger partial charge in [0, 0.05) is 36.3 Å². The van der Waals surface area contributed by atoms with E-state index in [2.05, 4.69) is 15.1 Å². The van der Waals surface area contributed by atoms with Gasteiger partial charge >= 0.3 is 0 Å². The summed E-state index contributed by atoms with van der Waals surface area (Å²) >= 11 is 0. The lowest BCUT2D eigenvalue weighted by atomic mass is 10.1. The Hall–Kier alpha value is -3.22. The minimum absolute atomic E-state index is 0.181. The summed E-state index contributed by atoms with van der Waals surface area (Å²) in [6.07, 6.45) is 6.79. The van der Waals surface area contributed by atoms with Crippen molar-refractivity contribution < 1.29 is 9.53 Å². The van der Waals surface area contributed by atoms with Crippen molar-refractivity contribution in [2.45, 2.75) is 13.5 Å². The van der Waals surface area contributed by atoms with Gasteiger partial charge in [0.25, 0.3) is 5.91 Å². The second kappa shape index (κ2) is 6.49. The summed E-state index contributed by atoms with van der Waals surface area (Å²) in [6.45, 7) is 2.29. The van der Waals surface area contributed by atoms with Gasteiger partial charge < -0.3 is 10.5 Å². The zero-order valence-electron chi connectivity index (χ0n) is 13.4. The third-order valence-electron chi connectivity index (χ3n) is 3.49. The number of aryl methyl sites for hydroxylation is 2. The van der Waals surface area contributed by atoms with Crippen molar-refractivity contribution in [3.63, 3.8) is 0 Å². The molecule has 2 N–H and O–H groups in total. The number of primary amides is 1. The number of nitrogens with zero attached hydrogens (tertiary/aromatic N) is 4. The molecule has 0 aliphatic heterocycles. The molecule has 0 bridgehead atoms. The van der Waals surface area contributed by atoms with Gasteiger partial charge in [0.15, 0.2) is 0 Å². The van der Waals surface area contributed by atoms with Gasteiger partial charge in [-0.3, -0.25) is 14.5 Å². The smallest absolute Gasteiger partial charge is 0.267 e. The number of ether oxygens (including phenoxy) is 1. The topological polar surface area (TPSA) is 95.9 Å². The minimum Gasteiger partial charge on any atom is -0.487 e. The SMILES string of the molecule is Cc1cc(COc2cnc(C(N)=O)cc2-c2cnn(C)c2)ccn1. The Morgan fingerprint density at radius 2 is 2.12 bits per heavy atom. The highest BCUT2D eigenvalue weighted by atomic mass is 16.5. The van der Waals surface area contributed by atoms with Crippen LogP contribution in [0, 0.1) is 6.92 Å². The van der Waals surface area contributed by atoms with E-state index in [9.17, 15) is 4.79 Å². The van der Waals surface area contributed by atoms with E-state index in [0.29, 0.717) is 12.4 Å².